The fourth-order valence-electron chi connectivity index (χ4n) is 20.7. The largest absolute Gasteiger partial charge is 0.460 e. The molecule has 1 heteroatoms. The van der Waals surface area contributed by atoms with Crippen molar-refractivity contribution in [3.63, 3.8) is 0 Å². The molecule has 1 nitrogen and oxygen atoms in total. The van der Waals surface area contributed by atoms with Crippen LogP contribution in [0, 0.1) is 145 Å². The lowest BCUT2D eigenvalue weighted by atomic mass is 9.51. The summed E-state index contributed by atoms with van der Waals surface area (Å²) in [6, 6.07) is 0. The highest BCUT2D eigenvalue weighted by Crippen LogP contribution is 2.65. The molecule has 10 rings (SSSR count). The second-order valence-corrected chi connectivity index (χ2v) is 29.7. The van der Waals surface area contributed by atoms with Gasteiger partial charge >= 0.3 is 0 Å². The molecule has 15 atom stereocenters. The predicted molar refractivity (Wildman–Crippen MR) is 347 cm³/mol. The summed E-state index contributed by atoms with van der Waals surface area (Å²) in [5, 5.41) is 0. The fourth-order valence-corrected chi connectivity index (χ4v) is 20.7. The maximum absolute atomic E-state index is 7.87. The van der Waals surface area contributed by atoms with E-state index < -0.39 is 0 Å². The Morgan fingerprint density at radius 2 is 0.787 bits per heavy atom. The van der Waals surface area contributed by atoms with Gasteiger partial charge in [0.2, 0.25) is 0 Å². The number of rotatable bonds is 5. The molecule has 432 valence electrons. The molecule has 0 aliphatic heterocycles. The van der Waals surface area contributed by atoms with Gasteiger partial charge in [0.05, 0.1) is 0 Å². The van der Waals surface area contributed by atoms with Crippen molar-refractivity contribution in [2.75, 3.05) is 0 Å². The zero-order chi connectivity index (χ0) is 59.0. The molecule has 2 aromatic carbocycles. The molecule has 15 unspecified atom stereocenters. The predicted octanol–water partition coefficient (Wildman–Crippen LogP) is 22.9. The summed E-state index contributed by atoms with van der Waals surface area (Å²) >= 11 is 0. The molecule has 2 saturated carbocycles. The highest BCUT2D eigenvalue weighted by molar-refractivity contribution is 6.00. The second-order valence-electron chi connectivity index (χ2n) is 29.7. The first-order chi connectivity index (χ1) is 37.3. The van der Waals surface area contributed by atoms with Crippen LogP contribution in [0.15, 0.2) is 60.1 Å². The van der Waals surface area contributed by atoms with E-state index in [1.807, 2.05) is 0 Å². The lowest BCUT2D eigenvalue weighted by Gasteiger charge is -2.53. The Labute approximate surface area is 489 Å². The maximum atomic E-state index is 7.87. The number of allylic oxidation sites excluding steroid dienone is 14. The molecule has 0 saturated heterocycles. The summed E-state index contributed by atoms with van der Waals surface area (Å²) in [4.78, 5) is 0. The third-order valence-electron chi connectivity index (χ3n) is 27.5. The molecule has 0 radical (unpaired) electrons. The second kappa shape index (κ2) is 20.6. The summed E-state index contributed by atoms with van der Waals surface area (Å²) < 4.78 is 7.87. The van der Waals surface area contributed by atoms with Crippen molar-refractivity contribution in [1.82, 2.24) is 0 Å². The fraction of sp³-hybridized carbons (Fsp3) is 0.620. The minimum atomic E-state index is 0.147. The first-order valence-electron chi connectivity index (χ1n) is 32.5. The zero-order valence-corrected chi connectivity index (χ0v) is 56.3. The van der Waals surface area contributed by atoms with Gasteiger partial charge in [-0.2, -0.15) is 0 Å². The standard InChI is InChI=1S/C79H110O/c1-33-35(3)44(12)65(45(13)36(33)4)62-30-63(66-46(14)37(5)34(2)38(6)47(66)15)32-64(31-62)72-50(18)43(11)59(27)78-77(72)76-61(29)74(73-51(19)41(9)42(10)52(20)75(73)79(76)80-78)69-56(24)53(21)68(54(22)57(69)25)71-58(26)55(23)67-48(16)39(7)40(8)49(17)70(67)60(71)28/h33,35-36,39,44-45,48,50,60,62-65,70,72-73,75H,30-32H2,1-29H3. The molecular formula is C79H110O. The van der Waals surface area contributed by atoms with E-state index in [-0.39, 0.29) is 11.8 Å². The highest BCUT2D eigenvalue weighted by atomic mass is 16.3. The van der Waals surface area contributed by atoms with Gasteiger partial charge in [0.15, 0.2) is 0 Å². The molecule has 0 N–H and O–H groups in total. The van der Waals surface area contributed by atoms with E-state index >= 15 is 0 Å². The highest BCUT2D eigenvalue weighted by Gasteiger charge is 2.53. The van der Waals surface area contributed by atoms with Gasteiger partial charge in [0.25, 0.3) is 0 Å². The molecule has 3 aromatic rings. The van der Waals surface area contributed by atoms with Crippen molar-refractivity contribution >= 4 is 22.3 Å². The van der Waals surface area contributed by atoms with E-state index in [1.54, 1.807) is 61.3 Å². The number of fused-ring (bicyclic) bond motifs is 6. The average Bonchev–Trinajstić information content (AvgIpc) is 3.82. The molecule has 0 amide bonds. The Bertz CT molecular complexity index is 3300. The van der Waals surface area contributed by atoms with E-state index in [1.165, 1.54) is 125 Å². The van der Waals surface area contributed by atoms with Crippen LogP contribution in [0.1, 0.15) is 265 Å². The first-order valence-corrected chi connectivity index (χ1v) is 32.5. The van der Waals surface area contributed by atoms with Gasteiger partial charge in [-0.3, -0.25) is 0 Å². The van der Waals surface area contributed by atoms with Crippen LogP contribution in [0.3, 0.4) is 0 Å². The van der Waals surface area contributed by atoms with Gasteiger partial charge in [-0.1, -0.05) is 95.8 Å². The van der Waals surface area contributed by atoms with Gasteiger partial charge in [-0.05, 0) is 352 Å². The van der Waals surface area contributed by atoms with Crippen LogP contribution < -0.4 is 0 Å². The van der Waals surface area contributed by atoms with E-state index in [0.717, 1.165) is 17.8 Å². The summed E-state index contributed by atoms with van der Waals surface area (Å²) in [6.45, 7) is 72.5. The summed E-state index contributed by atoms with van der Waals surface area (Å²) in [6.07, 6.45) is 3.87. The van der Waals surface area contributed by atoms with Gasteiger partial charge in [-0.15, -0.1) is 0 Å². The molecule has 7 aliphatic rings. The zero-order valence-electron chi connectivity index (χ0n) is 56.3. The molecule has 0 bridgehead atoms. The van der Waals surface area contributed by atoms with Crippen molar-refractivity contribution in [3.8, 4) is 0 Å². The van der Waals surface area contributed by atoms with Gasteiger partial charge in [0, 0.05) is 28.9 Å². The molecule has 0 spiro atoms. The van der Waals surface area contributed by atoms with Gasteiger partial charge in [0.1, 0.15) is 11.5 Å². The van der Waals surface area contributed by atoms with Crippen LogP contribution in [0.4, 0.5) is 0 Å². The first kappa shape index (κ1) is 59.1. The summed E-state index contributed by atoms with van der Waals surface area (Å²) in [5.41, 5.74) is 42.8. The van der Waals surface area contributed by atoms with Gasteiger partial charge < -0.3 is 4.42 Å². The minimum Gasteiger partial charge on any atom is -0.460 e. The number of furan rings is 1. The third kappa shape index (κ3) is 8.12. The van der Waals surface area contributed by atoms with Crippen LogP contribution in [0.2, 0.25) is 0 Å². The molecule has 1 heterocycles. The van der Waals surface area contributed by atoms with Crippen LogP contribution in [0.25, 0.3) is 22.3 Å². The molecule has 1 aromatic heterocycles. The minimum absolute atomic E-state index is 0.147. The van der Waals surface area contributed by atoms with Crippen LogP contribution in [0.5, 0.6) is 0 Å². The Morgan fingerprint density at radius 1 is 0.312 bits per heavy atom. The third-order valence-corrected chi connectivity index (χ3v) is 27.5. The van der Waals surface area contributed by atoms with E-state index in [4.69, 9.17) is 4.42 Å². The van der Waals surface area contributed by atoms with E-state index in [2.05, 4.69) is 201 Å². The van der Waals surface area contributed by atoms with Crippen LogP contribution >= 0.6 is 0 Å². The Balaban J connectivity index is 1.22. The lowest BCUT2D eigenvalue weighted by Crippen LogP contribution is -2.46. The van der Waals surface area contributed by atoms with E-state index in [9.17, 15) is 0 Å². The molecule has 2 fully saturated rings. The van der Waals surface area contributed by atoms with Crippen molar-refractivity contribution in [1.29, 1.82) is 0 Å². The number of hydrogen-bond acceptors (Lipinski definition) is 1. The average molecular weight is 1080 g/mol. The normalized spacial score (nSPS) is 34.9. The Hall–Kier alpha value is -4.10. The number of hydrogen-bond donors (Lipinski definition) is 0. The smallest absolute Gasteiger partial charge is 0.134 e. The van der Waals surface area contributed by atoms with Crippen molar-refractivity contribution in [3.05, 3.63) is 145 Å². The van der Waals surface area contributed by atoms with Crippen LogP contribution in [-0.4, -0.2) is 0 Å². The molecular weight excluding hydrogens is 965 g/mol. The molecule has 7 aliphatic carbocycles. The van der Waals surface area contributed by atoms with Crippen molar-refractivity contribution in [2.45, 2.75) is 238 Å². The topological polar surface area (TPSA) is 13.1 Å². The Morgan fingerprint density at radius 3 is 1.32 bits per heavy atom. The van der Waals surface area contributed by atoms with E-state index in [0.29, 0.717) is 71.0 Å². The Kier molecular flexibility index (Phi) is 15.2. The lowest BCUT2D eigenvalue weighted by molar-refractivity contribution is -0.0319. The van der Waals surface area contributed by atoms with Crippen LogP contribution in [-0.2, 0) is 0 Å². The number of benzene rings is 2. The van der Waals surface area contributed by atoms with Crippen molar-refractivity contribution in [2.24, 2.45) is 82.9 Å². The molecule has 80 heavy (non-hydrogen) atoms. The van der Waals surface area contributed by atoms with Gasteiger partial charge in [-0.25, -0.2) is 0 Å². The van der Waals surface area contributed by atoms with Crippen molar-refractivity contribution < 1.29 is 4.42 Å². The maximum Gasteiger partial charge on any atom is 0.134 e. The quantitative estimate of drug-likeness (QED) is 0.232. The SMILES string of the molecule is CC1=C(c2c(C)c(C)c(C3=C(C)c4c(oc5c4C(C4CC(c6c(C)c(C)c(C)c(C)c6C)CC(C6C(C)C(C)C(C)C(C)C6C)C4)C(C)C(C)=C5C)C4C(C)=C(C)C(C)=C(C)C34)c(C)c2C)C(C)C2C(C)=C(C)C(C)C(C)C2=C1C. The monoisotopic (exact) mass is 1070 g/mol. The summed E-state index contributed by atoms with van der Waals surface area (Å²) in [5.74, 6) is 11.7. The summed E-state index contributed by atoms with van der Waals surface area (Å²) in [7, 11) is 0.